The number of allylic oxidation sites excluding steroid dienone is 1. The van der Waals surface area contributed by atoms with Gasteiger partial charge in [-0.1, -0.05) is 54.6 Å². The Morgan fingerprint density at radius 2 is 1.35 bits per heavy atom. The second-order valence-electron chi connectivity index (χ2n) is 6.95. The summed E-state index contributed by atoms with van der Waals surface area (Å²) in [6.07, 6.45) is -0.722. The van der Waals surface area contributed by atoms with Gasteiger partial charge in [0, 0.05) is 11.1 Å². The van der Waals surface area contributed by atoms with Gasteiger partial charge in [-0.2, -0.15) is 0 Å². The Kier molecular flexibility index (Phi) is 4.47. The lowest BCUT2D eigenvalue weighted by Gasteiger charge is -2.21. The van der Waals surface area contributed by atoms with Gasteiger partial charge in [-0.15, -0.1) is 0 Å². The highest BCUT2D eigenvalue weighted by Crippen LogP contribution is 2.31. The van der Waals surface area contributed by atoms with Gasteiger partial charge < -0.3 is 4.74 Å². The van der Waals surface area contributed by atoms with Crippen LogP contribution in [0.2, 0.25) is 0 Å². The van der Waals surface area contributed by atoms with Crippen LogP contribution in [0.15, 0.2) is 60.2 Å². The molecule has 2 aromatic carbocycles. The molecule has 0 heterocycles. The maximum atomic E-state index is 12.8. The highest BCUT2D eigenvalue weighted by atomic mass is 16.6. The van der Waals surface area contributed by atoms with Gasteiger partial charge in [0.05, 0.1) is 11.3 Å². The van der Waals surface area contributed by atoms with Crippen molar-refractivity contribution in [1.82, 2.24) is 5.32 Å². The number of rotatable bonds is 2. The number of carbonyl (C=O) groups excluding carboxylic acids is 3. The van der Waals surface area contributed by atoms with Crippen molar-refractivity contribution in [3.05, 3.63) is 76.9 Å². The molecule has 0 aromatic heterocycles. The van der Waals surface area contributed by atoms with Crippen LogP contribution in [0.3, 0.4) is 0 Å². The zero-order valence-corrected chi connectivity index (χ0v) is 14.8. The number of ketones is 2. The molecule has 0 aliphatic heterocycles. The third-order valence-electron chi connectivity index (χ3n) is 3.81. The molecule has 0 saturated carbocycles. The van der Waals surface area contributed by atoms with Crippen LogP contribution in [0.1, 0.15) is 47.1 Å². The summed E-state index contributed by atoms with van der Waals surface area (Å²) in [7, 11) is 0. The average Bonchev–Trinajstić information content (AvgIpc) is 2.84. The molecule has 5 nitrogen and oxygen atoms in total. The molecule has 0 radical (unpaired) electrons. The van der Waals surface area contributed by atoms with Gasteiger partial charge in [0.1, 0.15) is 5.60 Å². The Labute approximate surface area is 151 Å². The minimum absolute atomic E-state index is 0.0525. The Balaban J connectivity index is 2.10. The Morgan fingerprint density at radius 3 is 1.85 bits per heavy atom. The monoisotopic (exact) mass is 349 g/mol. The second kappa shape index (κ2) is 6.59. The van der Waals surface area contributed by atoms with E-state index >= 15 is 0 Å². The number of alkyl carbamates (subject to hydrolysis) is 1. The first-order chi connectivity index (χ1) is 12.3. The van der Waals surface area contributed by atoms with E-state index < -0.39 is 23.3 Å². The molecule has 0 fully saturated rings. The third kappa shape index (κ3) is 3.42. The number of carbonyl (C=O) groups is 3. The van der Waals surface area contributed by atoms with Crippen LogP contribution in [0, 0.1) is 0 Å². The fraction of sp³-hybridized carbons (Fsp3) is 0.190. The molecular formula is C21H19NO4. The van der Waals surface area contributed by atoms with Crippen LogP contribution in [0.4, 0.5) is 4.79 Å². The van der Waals surface area contributed by atoms with Gasteiger partial charge in [0.2, 0.25) is 0 Å². The number of hydrogen-bond acceptors (Lipinski definition) is 4. The fourth-order valence-electron chi connectivity index (χ4n) is 2.77. The van der Waals surface area contributed by atoms with Gasteiger partial charge in [-0.25, -0.2) is 4.79 Å². The van der Waals surface area contributed by atoms with E-state index in [1.54, 1.807) is 69.3 Å². The zero-order valence-electron chi connectivity index (χ0n) is 14.8. The van der Waals surface area contributed by atoms with Crippen molar-refractivity contribution < 1.29 is 19.1 Å². The number of nitrogens with one attached hydrogen (secondary N) is 1. The first-order valence-corrected chi connectivity index (χ1v) is 8.26. The van der Waals surface area contributed by atoms with Crippen molar-refractivity contribution in [3.63, 3.8) is 0 Å². The summed E-state index contributed by atoms with van der Waals surface area (Å²) in [6.45, 7) is 5.22. The number of amides is 1. The molecule has 2 aromatic rings. The third-order valence-corrected chi connectivity index (χ3v) is 3.81. The van der Waals surface area contributed by atoms with Crippen LogP contribution in [-0.2, 0) is 4.74 Å². The minimum Gasteiger partial charge on any atom is -0.444 e. The molecule has 0 bridgehead atoms. The van der Waals surface area contributed by atoms with Crippen molar-refractivity contribution in [2.75, 3.05) is 0 Å². The number of benzene rings is 2. The molecule has 0 atom stereocenters. The van der Waals surface area contributed by atoms with E-state index in [0.717, 1.165) is 0 Å². The van der Waals surface area contributed by atoms with E-state index in [0.29, 0.717) is 16.7 Å². The zero-order chi connectivity index (χ0) is 18.9. The number of hydrogen-bond donors (Lipinski definition) is 1. The summed E-state index contributed by atoms with van der Waals surface area (Å²) in [4.78, 5) is 37.9. The Morgan fingerprint density at radius 1 is 0.846 bits per heavy atom. The first kappa shape index (κ1) is 17.6. The van der Waals surface area contributed by atoms with Crippen molar-refractivity contribution in [1.29, 1.82) is 0 Å². The fourth-order valence-corrected chi connectivity index (χ4v) is 2.77. The first-order valence-electron chi connectivity index (χ1n) is 8.26. The summed E-state index contributed by atoms with van der Waals surface area (Å²) in [5.74, 6) is -0.805. The van der Waals surface area contributed by atoms with Gasteiger partial charge in [0.15, 0.2) is 11.6 Å². The Hall–Kier alpha value is -3.21. The minimum atomic E-state index is -0.722. The number of fused-ring (bicyclic) bond motifs is 1. The van der Waals surface area contributed by atoms with Crippen LogP contribution in [0.5, 0.6) is 0 Å². The van der Waals surface area contributed by atoms with Gasteiger partial charge in [-0.05, 0) is 26.3 Å². The van der Waals surface area contributed by atoms with E-state index in [1.807, 2.05) is 6.07 Å². The molecule has 3 rings (SSSR count). The molecule has 132 valence electrons. The van der Waals surface area contributed by atoms with E-state index in [1.165, 1.54) is 0 Å². The summed E-state index contributed by atoms with van der Waals surface area (Å²) in [5, 5.41) is 2.60. The summed E-state index contributed by atoms with van der Waals surface area (Å²) in [5.41, 5.74) is 0.638. The van der Waals surface area contributed by atoms with E-state index in [9.17, 15) is 14.4 Å². The normalized spacial score (nSPS) is 13.4. The van der Waals surface area contributed by atoms with E-state index in [2.05, 4.69) is 5.32 Å². The molecule has 1 aliphatic carbocycles. The smallest absolute Gasteiger partial charge is 0.412 e. The topological polar surface area (TPSA) is 72.5 Å². The number of Topliss-reactive ketones (excluding diaryl/α,β-unsaturated/α-hetero) is 2. The average molecular weight is 349 g/mol. The molecule has 1 N–H and O–H groups in total. The van der Waals surface area contributed by atoms with Crippen molar-refractivity contribution >= 4 is 23.4 Å². The molecule has 0 unspecified atom stereocenters. The van der Waals surface area contributed by atoms with Crippen LogP contribution >= 0.6 is 0 Å². The maximum Gasteiger partial charge on any atom is 0.412 e. The second-order valence-corrected chi connectivity index (χ2v) is 6.95. The summed E-state index contributed by atoms with van der Waals surface area (Å²) < 4.78 is 5.29. The van der Waals surface area contributed by atoms with Gasteiger partial charge in [0.25, 0.3) is 0 Å². The molecular weight excluding hydrogens is 330 g/mol. The Bertz CT molecular complexity index is 884. The van der Waals surface area contributed by atoms with Gasteiger partial charge in [-0.3, -0.25) is 14.9 Å². The predicted octanol–water partition coefficient (Wildman–Crippen LogP) is 4.00. The van der Waals surface area contributed by atoms with Crippen molar-refractivity contribution in [3.8, 4) is 0 Å². The van der Waals surface area contributed by atoms with Crippen LogP contribution in [-0.4, -0.2) is 23.3 Å². The molecule has 5 heteroatoms. The van der Waals surface area contributed by atoms with Gasteiger partial charge >= 0.3 is 6.09 Å². The van der Waals surface area contributed by atoms with Crippen molar-refractivity contribution in [2.45, 2.75) is 26.4 Å². The van der Waals surface area contributed by atoms with Crippen LogP contribution in [0.25, 0.3) is 5.70 Å². The molecule has 0 spiro atoms. The highest BCUT2D eigenvalue weighted by Gasteiger charge is 2.36. The van der Waals surface area contributed by atoms with Crippen molar-refractivity contribution in [2.24, 2.45) is 0 Å². The van der Waals surface area contributed by atoms with E-state index in [-0.39, 0.29) is 11.3 Å². The highest BCUT2D eigenvalue weighted by molar-refractivity contribution is 6.42. The quantitative estimate of drug-likeness (QED) is 0.657. The molecule has 26 heavy (non-hydrogen) atoms. The molecule has 0 saturated heterocycles. The lowest BCUT2D eigenvalue weighted by atomic mass is 10.0. The predicted molar refractivity (Wildman–Crippen MR) is 97.8 cm³/mol. The standard InChI is InChI=1S/C21H19NO4/c1-21(2,3)26-20(25)22-17(13-9-5-4-6-10-13)16-18(23)14-11-7-8-12-15(14)19(16)24/h4-12H,1-3H3,(H,22,25). The summed E-state index contributed by atoms with van der Waals surface area (Å²) in [6, 6.07) is 15.4. The lowest BCUT2D eigenvalue weighted by Crippen LogP contribution is -2.32. The van der Waals surface area contributed by atoms with Crippen LogP contribution < -0.4 is 5.32 Å². The lowest BCUT2D eigenvalue weighted by molar-refractivity contribution is 0.0558. The largest absolute Gasteiger partial charge is 0.444 e. The molecule has 1 aliphatic rings. The summed E-state index contributed by atoms with van der Waals surface area (Å²) >= 11 is 0. The molecule has 1 amide bonds. The van der Waals surface area contributed by atoms with E-state index in [4.69, 9.17) is 4.74 Å². The SMILES string of the molecule is CC(C)(C)OC(=O)NC(=C1C(=O)c2ccccc2C1=O)c1ccccc1. The number of ether oxygens (including phenoxy) is 1. The maximum absolute atomic E-state index is 12.8.